The average Bonchev–Trinajstić information content (AvgIpc) is 2.68. The molecule has 0 aliphatic heterocycles. The van der Waals surface area contributed by atoms with Gasteiger partial charge in [-0.3, -0.25) is 4.18 Å². The van der Waals surface area contributed by atoms with Gasteiger partial charge in [0.05, 0.1) is 24.3 Å². The molecule has 0 fully saturated rings. The Kier molecular flexibility index (Phi) is 9.47. The number of nitrogens with zero attached hydrogens (tertiary/aromatic N) is 1. The molecule has 0 bridgehead atoms. The molecule has 2 aromatic rings. The Hall–Kier alpha value is -1.96. The SMILES string of the molecule is Cc1cc(C)c(S(=O)(=O)N(CC#Cc2ccccc2)[C@@H](C)/C=C(\Br)COS(C)(=O)=O)c(C)c1. The fraction of sp³-hybridized carbons (Fsp3) is 0.333. The van der Waals surface area contributed by atoms with Crippen LogP contribution in [0.4, 0.5) is 0 Å². The maximum Gasteiger partial charge on any atom is 0.264 e. The third kappa shape index (κ3) is 8.09. The molecule has 178 valence electrons. The Morgan fingerprint density at radius 2 is 1.67 bits per heavy atom. The molecule has 0 aliphatic rings. The van der Waals surface area contributed by atoms with Crippen molar-refractivity contribution in [1.29, 1.82) is 0 Å². The second kappa shape index (κ2) is 11.4. The summed E-state index contributed by atoms with van der Waals surface area (Å²) in [6, 6.07) is 12.4. The Balaban J connectivity index is 2.47. The Morgan fingerprint density at radius 1 is 1.09 bits per heavy atom. The molecule has 0 saturated carbocycles. The minimum Gasteiger partial charge on any atom is -0.265 e. The van der Waals surface area contributed by atoms with E-state index in [0.29, 0.717) is 15.6 Å². The van der Waals surface area contributed by atoms with Crippen molar-refractivity contribution >= 4 is 36.1 Å². The van der Waals surface area contributed by atoms with Gasteiger partial charge in [0.2, 0.25) is 10.0 Å². The Morgan fingerprint density at radius 3 is 2.21 bits per heavy atom. The summed E-state index contributed by atoms with van der Waals surface area (Å²) < 4.78 is 56.6. The van der Waals surface area contributed by atoms with Crippen molar-refractivity contribution < 1.29 is 21.0 Å². The lowest BCUT2D eigenvalue weighted by atomic mass is 10.1. The number of hydrogen-bond donors (Lipinski definition) is 0. The van der Waals surface area contributed by atoms with Crippen LogP contribution in [0.2, 0.25) is 0 Å². The van der Waals surface area contributed by atoms with Crippen LogP contribution in [-0.2, 0) is 24.3 Å². The number of hydrogen-bond acceptors (Lipinski definition) is 5. The Labute approximate surface area is 206 Å². The lowest BCUT2D eigenvalue weighted by Gasteiger charge is -2.27. The van der Waals surface area contributed by atoms with E-state index >= 15 is 0 Å². The summed E-state index contributed by atoms with van der Waals surface area (Å²) in [5, 5.41) is 0. The van der Waals surface area contributed by atoms with E-state index in [1.807, 2.05) is 49.4 Å². The van der Waals surface area contributed by atoms with Crippen LogP contribution in [0.3, 0.4) is 0 Å². The largest absolute Gasteiger partial charge is 0.265 e. The van der Waals surface area contributed by atoms with Gasteiger partial charge in [0.25, 0.3) is 10.1 Å². The summed E-state index contributed by atoms with van der Waals surface area (Å²) in [6.45, 7) is 6.91. The van der Waals surface area contributed by atoms with Gasteiger partial charge in [-0.2, -0.15) is 12.7 Å². The maximum absolute atomic E-state index is 13.8. The van der Waals surface area contributed by atoms with E-state index in [-0.39, 0.29) is 18.0 Å². The van der Waals surface area contributed by atoms with E-state index in [1.54, 1.807) is 26.8 Å². The molecule has 9 heteroatoms. The lowest BCUT2D eigenvalue weighted by Crippen LogP contribution is -2.38. The van der Waals surface area contributed by atoms with Crippen LogP contribution >= 0.6 is 15.9 Å². The summed E-state index contributed by atoms with van der Waals surface area (Å²) in [7, 11) is -7.55. The van der Waals surface area contributed by atoms with Crippen molar-refractivity contribution in [3.63, 3.8) is 0 Å². The monoisotopic (exact) mass is 553 g/mol. The molecule has 0 aromatic heterocycles. The molecule has 0 saturated heterocycles. The lowest BCUT2D eigenvalue weighted by molar-refractivity contribution is 0.356. The normalized spacial score (nSPS) is 13.5. The van der Waals surface area contributed by atoms with Gasteiger partial charge in [-0.05, 0) is 51.0 Å². The minimum atomic E-state index is -3.92. The molecule has 2 rings (SSSR count). The van der Waals surface area contributed by atoms with Gasteiger partial charge in [0.1, 0.15) is 0 Å². The number of benzene rings is 2. The maximum atomic E-state index is 13.8. The molecule has 33 heavy (non-hydrogen) atoms. The zero-order chi connectivity index (χ0) is 24.8. The molecule has 0 amide bonds. The third-order valence-electron chi connectivity index (χ3n) is 4.70. The average molecular weight is 555 g/mol. The third-order valence-corrected chi connectivity index (χ3v) is 7.98. The van der Waals surface area contributed by atoms with Gasteiger partial charge in [-0.25, -0.2) is 8.42 Å². The second-order valence-electron chi connectivity index (χ2n) is 7.77. The molecule has 2 aromatic carbocycles. The van der Waals surface area contributed by atoms with Gasteiger partial charge in [-0.15, -0.1) is 0 Å². The van der Waals surface area contributed by atoms with Crippen molar-refractivity contribution in [3.05, 3.63) is 75.3 Å². The van der Waals surface area contributed by atoms with Gasteiger partial charge < -0.3 is 0 Å². The number of rotatable bonds is 8. The smallest absolute Gasteiger partial charge is 0.264 e. The van der Waals surface area contributed by atoms with Crippen LogP contribution < -0.4 is 0 Å². The van der Waals surface area contributed by atoms with Crippen LogP contribution in [0.1, 0.15) is 29.2 Å². The van der Waals surface area contributed by atoms with E-state index in [0.717, 1.165) is 17.4 Å². The first-order chi connectivity index (χ1) is 15.3. The van der Waals surface area contributed by atoms with Gasteiger partial charge in [0.15, 0.2) is 0 Å². The highest BCUT2D eigenvalue weighted by Gasteiger charge is 2.30. The molecule has 0 spiro atoms. The van der Waals surface area contributed by atoms with Crippen LogP contribution in [0.5, 0.6) is 0 Å². The fourth-order valence-corrected chi connectivity index (χ4v) is 6.32. The first-order valence-corrected chi connectivity index (χ1v) is 14.2. The molecule has 1 atom stereocenters. The highest BCUT2D eigenvalue weighted by molar-refractivity contribution is 9.11. The van der Waals surface area contributed by atoms with Crippen molar-refractivity contribution in [2.75, 3.05) is 19.4 Å². The molecule has 6 nitrogen and oxygen atoms in total. The van der Waals surface area contributed by atoms with Crippen molar-refractivity contribution in [1.82, 2.24) is 4.31 Å². The van der Waals surface area contributed by atoms with Crippen molar-refractivity contribution in [2.24, 2.45) is 0 Å². The van der Waals surface area contributed by atoms with Crippen LogP contribution in [-0.4, -0.2) is 46.6 Å². The number of halogens is 1. The Bertz CT molecular complexity index is 1270. The predicted octanol–water partition coefficient (Wildman–Crippen LogP) is 4.30. The molecule has 0 radical (unpaired) electrons. The molecular weight excluding hydrogens is 526 g/mol. The zero-order valence-electron chi connectivity index (χ0n) is 19.3. The summed E-state index contributed by atoms with van der Waals surface area (Å²) in [5.41, 5.74) is 3.07. The quantitative estimate of drug-likeness (QED) is 0.359. The van der Waals surface area contributed by atoms with Gasteiger partial charge in [-0.1, -0.05) is 69.7 Å². The zero-order valence-corrected chi connectivity index (χ0v) is 22.5. The number of aryl methyl sites for hydroxylation is 3. The minimum absolute atomic E-state index is 0.0468. The summed E-state index contributed by atoms with van der Waals surface area (Å²) >= 11 is 3.28. The van der Waals surface area contributed by atoms with Gasteiger partial charge >= 0.3 is 0 Å². The summed E-state index contributed by atoms with van der Waals surface area (Å²) in [5.74, 6) is 5.96. The first-order valence-electron chi connectivity index (χ1n) is 10.2. The van der Waals surface area contributed by atoms with E-state index in [9.17, 15) is 16.8 Å². The standard InChI is InChI=1S/C24H28BrNO5S2/c1-18-14-19(2)24(20(3)15-18)33(29,30)26(13-9-12-22-10-7-6-8-11-22)21(4)16-23(25)17-31-32(5,27)28/h6-8,10-11,14-16,21H,13,17H2,1-5H3/b23-16-/t21-/m0/s1. The second-order valence-corrected chi connectivity index (χ2v) is 12.3. The summed E-state index contributed by atoms with van der Waals surface area (Å²) in [4.78, 5) is 0.248. The van der Waals surface area contributed by atoms with E-state index in [2.05, 4.69) is 27.8 Å². The van der Waals surface area contributed by atoms with Crippen LogP contribution in [0, 0.1) is 32.6 Å². The molecule has 0 N–H and O–H groups in total. The van der Waals surface area contributed by atoms with E-state index < -0.39 is 26.2 Å². The topological polar surface area (TPSA) is 80.8 Å². The first kappa shape index (κ1) is 27.3. The fourth-order valence-electron chi connectivity index (χ4n) is 3.44. The van der Waals surface area contributed by atoms with Crippen molar-refractivity contribution in [2.45, 2.75) is 38.6 Å². The summed E-state index contributed by atoms with van der Waals surface area (Å²) in [6.07, 6.45) is 2.56. The van der Waals surface area contributed by atoms with Crippen molar-refractivity contribution in [3.8, 4) is 11.8 Å². The molecule has 0 heterocycles. The van der Waals surface area contributed by atoms with Gasteiger partial charge in [0, 0.05) is 16.1 Å². The van der Waals surface area contributed by atoms with E-state index in [4.69, 9.17) is 4.18 Å². The van der Waals surface area contributed by atoms with Crippen LogP contribution in [0.25, 0.3) is 0 Å². The van der Waals surface area contributed by atoms with E-state index in [1.165, 1.54) is 4.31 Å². The highest BCUT2D eigenvalue weighted by Crippen LogP contribution is 2.27. The molecular formula is C24H28BrNO5S2. The number of sulfonamides is 1. The molecule has 0 unspecified atom stereocenters. The van der Waals surface area contributed by atoms with Crippen LogP contribution in [0.15, 0.2) is 57.9 Å². The predicted molar refractivity (Wildman–Crippen MR) is 135 cm³/mol. The highest BCUT2D eigenvalue weighted by atomic mass is 79.9. The molecule has 0 aliphatic carbocycles.